The fourth-order valence-electron chi connectivity index (χ4n) is 3.52. The predicted octanol–water partition coefficient (Wildman–Crippen LogP) is 3.14. The van der Waals surface area contributed by atoms with Gasteiger partial charge in [-0.15, -0.1) is 0 Å². The molecule has 19 heavy (non-hydrogen) atoms. The lowest BCUT2D eigenvalue weighted by atomic mass is 9.88. The van der Waals surface area contributed by atoms with Crippen LogP contribution in [-0.2, 0) is 12.8 Å². The molecule has 1 heterocycles. The SMILES string of the molecule is CC1CNC(C)(C)CN1c1cccc2c1CCCC2. The minimum Gasteiger partial charge on any atom is -0.365 e. The Bertz CT molecular complexity index is 464. The normalized spacial score (nSPS) is 26.1. The third-order valence-corrected chi connectivity index (χ3v) is 4.65. The van der Waals surface area contributed by atoms with Gasteiger partial charge in [0, 0.05) is 30.4 Å². The van der Waals surface area contributed by atoms with Crippen LogP contribution >= 0.6 is 0 Å². The number of piperazine rings is 1. The van der Waals surface area contributed by atoms with E-state index in [-0.39, 0.29) is 5.54 Å². The van der Waals surface area contributed by atoms with E-state index in [2.05, 4.69) is 49.2 Å². The van der Waals surface area contributed by atoms with Crippen molar-refractivity contribution in [2.24, 2.45) is 0 Å². The minimum absolute atomic E-state index is 0.212. The van der Waals surface area contributed by atoms with E-state index < -0.39 is 0 Å². The lowest BCUT2D eigenvalue weighted by Gasteiger charge is -2.45. The first-order chi connectivity index (χ1) is 9.07. The fraction of sp³-hybridized carbons (Fsp3) is 0.647. The van der Waals surface area contributed by atoms with Crippen molar-refractivity contribution in [3.05, 3.63) is 29.3 Å². The van der Waals surface area contributed by atoms with Gasteiger partial charge < -0.3 is 10.2 Å². The van der Waals surface area contributed by atoms with Crippen LogP contribution in [0.15, 0.2) is 18.2 Å². The Morgan fingerprint density at radius 1 is 1.21 bits per heavy atom. The number of aryl methyl sites for hydroxylation is 1. The Morgan fingerprint density at radius 2 is 2.00 bits per heavy atom. The van der Waals surface area contributed by atoms with Crippen molar-refractivity contribution < 1.29 is 0 Å². The van der Waals surface area contributed by atoms with Gasteiger partial charge in [-0.3, -0.25) is 0 Å². The molecule has 1 aliphatic heterocycles. The van der Waals surface area contributed by atoms with Crippen LogP contribution in [0.2, 0.25) is 0 Å². The molecule has 3 rings (SSSR count). The van der Waals surface area contributed by atoms with Crippen molar-refractivity contribution in [2.75, 3.05) is 18.0 Å². The molecule has 0 bridgehead atoms. The van der Waals surface area contributed by atoms with Crippen LogP contribution in [-0.4, -0.2) is 24.7 Å². The number of fused-ring (bicyclic) bond motifs is 1. The van der Waals surface area contributed by atoms with Gasteiger partial charge in [-0.2, -0.15) is 0 Å². The quantitative estimate of drug-likeness (QED) is 0.832. The van der Waals surface area contributed by atoms with E-state index in [1.165, 1.54) is 31.4 Å². The fourth-order valence-corrected chi connectivity index (χ4v) is 3.52. The van der Waals surface area contributed by atoms with E-state index >= 15 is 0 Å². The van der Waals surface area contributed by atoms with Gasteiger partial charge in [-0.1, -0.05) is 12.1 Å². The Kier molecular flexibility index (Phi) is 3.30. The largest absolute Gasteiger partial charge is 0.365 e. The maximum Gasteiger partial charge on any atom is 0.0405 e. The van der Waals surface area contributed by atoms with Crippen molar-refractivity contribution in [1.82, 2.24) is 5.32 Å². The van der Waals surface area contributed by atoms with Crippen LogP contribution in [0, 0.1) is 0 Å². The third kappa shape index (κ3) is 2.51. The summed E-state index contributed by atoms with van der Waals surface area (Å²) in [6, 6.07) is 7.50. The summed E-state index contributed by atoms with van der Waals surface area (Å²) >= 11 is 0. The van der Waals surface area contributed by atoms with Crippen LogP contribution in [0.3, 0.4) is 0 Å². The lowest BCUT2D eigenvalue weighted by Crippen LogP contribution is -2.61. The Balaban J connectivity index is 1.96. The van der Waals surface area contributed by atoms with Gasteiger partial charge in [0.15, 0.2) is 0 Å². The van der Waals surface area contributed by atoms with E-state index in [4.69, 9.17) is 0 Å². The highest BCUT2D eigenvalue weighted by Crippen LogP contribution is 2.33. The molecule has 0 spiro atoms. The minimum atomic E-state index is 0.212. The molecule has 0 saturated carbocycles. The monoisotopic (exact) mass is 258 g/mol. The van der Waals surface area contributed by atoms with Crippen LogP contribution in [0.5, 0.6) is 0 Å². The summed E-state index contributed by atoms with van der Waals surface area (Å²) in [5.41, 5.74) is 4.93. The second kappa shape index (κ2) is 4.82. The number of nitrogens with zero attached hydrogens (tertiary/aromatic N) is 1. The van der Waals surface area contributed by atoms with Crippen molar-refractivity contribution in [3.8, 4) is 0 Å². The summed E-state index contributed by atoms with van der Waals surface area (Å²) < 4.78 is 0. The zero-order valence-electron chi connectivity index (χ0n) is 12.5. The first-order valence-electron chi connectivity index (χ1n) is 7.69. The molecule has 104 valence electrons. The van der Waals surface area contributed by atoms with Crippen LogP contribution < -0.4 is 10.2 Å². The molecule has 1 aromatic rings. The zero-order valence-corrected chi connectivity index (χ0v) is 12.5. The molecule has 1 atom stereocenters. The molecule has 1 fully saturated rings. The average Bonchev–Trinajstić information content (AvgIpc) is 2.41. The van der Waals surface area contributed by atoms with Crippen molar-refractivity contribution >= 4 is 5.69 Å². The van der Waals surface area contributed by atoms with Crippen LogP contribution in [0.25, 0.3) is 0 Å². The van der Waals surface area contributed by atoms with Gasteiger partial charge in [0.25, 0.3) is 0 Å². The van der Waals surface area contributed by atoms with E-state index in [9.17, 15) is 0 Å². The molecular formula is C17H26N2. The molecule has 1 aliphatic carbocycles. The highest BCUT2D eigenvalue weighted by atomic mass is 15.2. The Hall–Kier alpha value is -1.02. The molecule has 0 radical (unpaired) electrons. The topological polar surface area (TPSA) is 15.3 Å². The zero-order chi connectivity index (χ0) is 13.5. The highest BCUT2D eigenvalue weighted by molar-refractivity contribution is 5.59. The first-order valence-corrected chi connectivity index (χ1v) is 7.69. The summed E-state index contributed by atoms with van der Waals surface area (Å²) in [5.74, 6) is 0. The maximum absolute atomic E-state index is 3.65. The molecule has 0 amide bonds. The van der Waals surface area contributed by atoms with Crippen LogP contribution in [0.4, 0.5) is 5.69 Å². The predicted molar refractivity (Wildman–Crippen MR) is 82.0 cm³/mol. The van der Waals surface area contributed by atoms with E-state index in [1.807, 2.05) is 0 Å². The second-order valence-electron chi connectivity index (χ2n) is 6.86. The number of benzene rings is 1. The Labute approximate surface area is 117 Å². The van der Waals surface area contributed by atoms with Gasteiger partial charge in [0.2, 0.25) is 0 Å². The van der Waals surface area contributed by atoms with Crippen molar-refractivity contribution in [1.29, 1.82) is 0 Å². The molecule has 1 unspecified atom stereocenters. The molecular weight excluding hydrogens is 232 g/mol. The average molecular weight is 258 g/mol. The van der Waals surface area contributed by atoms with Crippen molar-refractivity contribution in [3.63, 3.8) is 0 Å². The third-order valence-electron chi connectivity index (χ3n) is 4.65. The smallest absolute Gasteiger partial charge is 0.0405 e. The highest BCUT2D eigenvalue weighted by Gasteiger charge is 2.31. The number of rotatable bonds is 1. The molecule has 1 aromatic carbocycles. The van der Waals surface area contributed by atoms with Gasteiger partial charge >= 0.3 is 0 Å². The summed E-state index contributed by atoms with van der Waals surface area (Å²) in [4.78, 5) is 2.63. The van der Waals surface area contributed by atoms with Gasteiger partial charge in [-0.05, 0) is 63.6 Å². The Morgan fingerprint density at radius 3 is 2.84 bits per heavy atom. The summed E-state index contributed by atoms with van der Waals surface area (Å²) in [6.45, 7) is 9.13. The summed E-state index contributed by atoms with van der Waals surface area (Å²) in [5, 5.41) is 3.65. The summed E-state index contributed by atoms with van der Waals surface area (Å²) in [7, 11) is 0. The molecule has 2 aliphatic rings. The molecule has 2 nitrogen and oxygen atoms in total. The second-order valence-corrected chi connectivity index (χ2v) is 6.86. The molecule has 0 aromatic heterocycles. The van der Waals surface area contributed by atoms with Gasteiger partial charge in [-0.25, -0.2) is 0 Å². The lowest BCUT2D eigenvalue weighted by molar-refractivity contribution is 0.317. The molecule has 2 heteroatoms. The maximum atomic E-state index is 3.65. The van der Waals surface area contributed by atoms with Gasteiger partial charge in [0.05, 0.1) is 0 Å². The first kappa shape index (κ1) is 13.0. The number of hydrogen-bond donors (Lipinski definition) is 1. The molecule has 1 N–H and O–H groups in total. The number of nitrogens with one attached hydrogen (secondary N) is 1. The van der Waals surface area contributed by atoms with E-state index in [1.54, 1.807) is 11.1 Å². The van der Waals surface area contributed by atoms with Crippen molar-refractivity contribution in [2.45, 2.75) is 58.0 Å². The van der Waals surface area contributed by atoms with Gasteiger partial charge in [0.1, 0.15) is 0 Å². The summed E-state index contributed by atoms with van der Waals surface area (Å²) in [6.07, 6.45) is 5.25. The number of hydrogen-bond acceptors (Lipinski definition) is 2. The molecule has 1 saturated heterocycles. The van der Waals surface area contributed by atoms with E-state index in [0.29, 0.717) is 6.04 Å². The van der Waals surface area contributed by atoms with Crippen LogP contribution in [0.1, 0.15) is 44.7 Å². The van der Waals surface area contributed by atoms with E-state index in [0.717, 1.165) is 13.1 Å². The standard InChI is InChI=1S/C17H26N2/c1-13-11-18-17(2,3)12-19(13)16-10-6-8-14-7-4-5-9-15(14)16/h6,8,10,13,18H,4-5,7,9,11-12H2,1-3H3. The number of anilines is 1.